The predicted octanol–water partition coefficient (Wildman–Crippen LogP) is 2.34. The van der Waals surface area contributed by atoms with Gasteiger partial charge in [-0.3, -0.25) is 4.79 Å². The Balaban J connectivity index is 2.15. The van der Waals surface area contributed by atoms with Gasteiger partial charge in [0.15, 0.2) is 0 Å². The van der Waals surface area contributed by atoms with Gasteiger partial charge in [0.05, 0.1) is 12.1 Å². The molecule has 2 aromatic rings. The Kier molecular flexibility index (Phi) is 3.70. The minimum Gasteiger partial charge on any atom is -0.481 e. The maximum absolute atomic E-state index is 13.6. The highest BCUT2D eigenvalue weighted by atomic mass is 19.1. The number of carboxylic acids is 1. The Morgan fingerprint density at radius 3 is 2.63 bits per heavy atom. The van der Waals surface area contributed by atoms with E-state index in [0.717, 1.165) is 0 Å². The first kappa shape index (κ1) is 12.9. The van der Waals surface area contributed by atoms with E-state index in [1.54, 1.807) is 24.3 Å². The van der Waals surface area contributed by atoms with Crippen molar-refractivity contribution < 1.29 is 19.0 Å². The zero-order valence-electron chi connectivity index (χ0n) is 10.1. The van der Waals surface area contributed by atoms with Gasteiger partial charge in [-0.15, -0.1) is 0 Å². The van der Waals surface area contributed by atoms with Gasteiger partial charge in [0.1, 0.15) is 12.1 Å². The number of aromatic nitrogens is 2. The smallest absolute Gasteiger partial charge is 0.307 e. The lowest BCUT2D eigenvalue weighted by molar-refractivity contribution is -0.136. The van der Waals surface area contributed by atoms with Crippen LogP contribution in [0.5, 0.6) is 11.6 Å². The molecule has 1 N–H and O–H groups in total. The van der Waals surface area contributed by atoms with Crippen molar-refractivity contribution in [2.45, 2.75) is 13.3 Å². The Bertz CT molecular complexity index is 599. The number of aliphatic carboxylic acids is 1. The normalized spacial score (nSPS) is 10.2. The molecule has 6 heteroatoms. The van der Waals surface area contributed by atoms with Crippen LogP contribution in [0.2, 0.25) is 0 Å². The van der Waals surface area contributed by atoms with Crippen LogP contribution in [-0.2, 0) is 11.2 Å². The fourth-order valence-corrected chi connectivity index (χ4v) is 1.47. The number of ether oxygens (including phenoxy) is 1. The van der Waals surface area contributed by atoms with Gasteiger partial charge in [0.2, 0.25) is 5.82 Å². The van der Waals surface area contributed by atoms with Gasteiger partial charge >= 0.3 is 5.97 Å². The van der Waals surface area contributed by atoms with E-state index in [0.29, 0.717) is 11.3 Å². The summed E-state index contributed by atoms with van der Waals surface area (Å²) in [6.45, 7) is 1.51. The number of halogens is 1. The summed E-state index contributed by atoms with van der Waals surface area (Å²) in [7, 11) is 0. The van der Waals surface area contributed by atoms with Gasteiger partial charge < -0.3 is 9.84 Å². The third-order valence-corrected chi connectivity index (χ3v) is 2.43. The summed E-state index contributed by atoms with van der Waals surface area (Å²) >= 11 is 0. The molecule has 0 radical (unpaired) electrons. The van der Waals surface area contributed by atoms with Crippen LogP contribution in [0.4, 0.5) is 4.39 Å². The molecule has 0 aliphatic carbocycles. The van der Waals surface area contributed by atoms with Crippen LogP contribution >= 0.6 is 0 Å². The number of hydrogen-bond donors (Lipinski definition) is 1. The van der Waals surface area contributed by atoms with Crippen LogP contribution in [0.25, 0.3) is 0 Å². The average molecular weight is 262 g/mol. The SMILES string of the molecule is Cc1ncnc(Oc2ccc(CC(=O)O)cc2)c1F. The molecule has 1 heterocycles. The van der Waals surface area contributed by atoms with Crippen LogP contribution in [-0.4, -0.2) is 21.0 Å². The molecule has 0 saturated carbocycles. The Labute approximate surface area is 108 Å². The molecule has 0 saturated heterocycles. The Morgan fingerprint density at radius 1 is 1.32 bits per heavy atom. The summed E-state index contributed by atoms with van der Waals surface area (Å²) in [6, 6.07) is 6.34. The topological polar surface area (TPSA) is 72.3 Å². The van der Waals surface area contributed by atoms with Crippen LogP contribution in [0.1, 0.15) is 11.3 Å². The number of carbonyl (C=O) groups is 1. The second-order valence-corrected chi connectivity index (χ2v) is 3.89. The molecule has 1 aromatic heterocycles. The van der Waals surface area contributed by atoms with Crippen molar-refractivity contribution in [1.82, 2.24) is 9.97 Å². The molecule has 0 unspecified atom stereocenters. The standard InChI is InChI=1S/C13H11FN2O3/c1-8-12(14)13(16-7-15-8)19-10-4-2-9(3-5-10)6-11(17)18/h2-5,7H,6H2,1H3,(H,17,18). The van der Waals surface area contributed by atoms with Crippen LogP contribution in [0, 0.1) is 12.7 Å². The van der Waals surface area contributed by atoms with Gasteiger partial charge in [-0.2, -0.15) is 9.37 Å². The molecule has 5 nitrogen and oxygen atoms in total. The summed E-state index contributed by atoms with van der Waals surface area (Å²) in [5.74, 6) is -1.30. The number of carboxylic acid groups (broad SMARTS) is 1. The largest absolute Gasteiger partial charge is 0.481 e. The summed E-state index contributed by atoms with van der Waals surface area (Å²) in [5, 5.41) is 8.64. The second kappa shape index (κ2) is 5.43. The van der Waals surface area contributed by atoms with Crippen molar-refractivity contribution in [3.63, 3.8) is 0 Å². The monoisotopic (exact) mass is 262 g/mol. The van der Waals surface area contributed by atoms with Crippen molar-refractivity contribution in [3.8, 4) is 11.6 Å². The van der Waals surface area contributed by atoms with E-state index >= 15 is 0 Å². The Morgan fingerprint density at radius 2 is 2.00 bits per heavy atom. The summed E-state index contributed by atoms with van der Waals surface area (Å²) < 4.78 is 18.9. The van der Waals surface area contributed by atoms with E-state index in [1.807, 2.05) is 0 Å². The third-order valence-electron chi connectivity index (χ3n) is 2.43. The predicted molar refractivity (Wildman–Crippen MR) is 64.6 cm³/mol. The molecule has 0 aliphatic rings. The molecular formula is C13H11FN2O3. The lowest BCUT2D eigenvalue weighted by Gasteiger charge is -2.06. The van der Waals surface area contributed by atoms with Crippen molar-refractivity contribution >= 4 is 5.97 Å². The van der Waals surface area contributed by atoms with Crippen LogP contribution < -0.4 is 4.74 Å². The molecule has 0 spiro atoms. The van der Waals surface area contributed by atoms with Crippen molar-refractivity contribution in [3.05, 3.63) is 47.7 Å². The molecule has 19 heavy (non-hydrogen) atoms. The summed E-state index contributed by atoms with van der Waals surface area (Å²) in [6.07, 6.45) is 1.15. The number of nitrogens with zero attached hydrogens (tertiary/aromatic N) is 2. The minimum absolute atomic E-state index is 0.0682. The zero-order chi connectivity index (χ0) is 13.8. The molecule has 98 valence electrons. The fourth-order valence-electron chi connectivity index (χ4n) is 1.47. The molecule has 0 fully saturated rings. The van der Waals surface area contributed by atoms with Gasteiger partial charge in [-0.25, -0.2) is 4.98 Å². The first-order chi connectivity index (χ1) is 9.06. The number of benzene rings is 1. The lowest BCUT2D eigenvalue weighted by Crippen LogP contribution is -2.00. The van der Waals surface area contributed by atoms with E-state index in [9.17, 15) is 9.18 Å². The molecular weight excluding hydrogens is 251 g/mol. The molecule has 0 amide bonds. The first-order valence-electron chi connectivity index (χ1n) is 5.52. The molecule has 0 bridgehead atoms. The van der Waals surface area contributed by atoms with E-state index in [4.69, 9.17) is 9.84 Å². The molecule has 2 rings (SSSR count). The highest BCUT2D eigenvalue weighted by Crippen LogP contribution is 2.23. The zero-order valence-corrected chi connectivity index (χ0v) is 10.1. The van der Waals surface area contributed by atoms with Gasteiger partial charge in [0.25, 0.3) is 5.88 Å². The minimum atomic E-state index is -0.911. The maximum atomic E-state index is 13.6. The van der Waals surface area contributed by atoms with Gasteiger partial charge in [-0.1, -0.05) is 12.1 Å². The number of hydrogen-bond acceptors (Lipinski definition) is 4. The Hall–Kier alpha value is -2.50. The third kappa shape index (κ3) is 3.25. The summed E-state index contributed by atoms with van der Waals surface area (Å²) in [5.41, 5.74) is 0.840. The van der Waals surface area contributed by atoms with Gasteiger partial charge in [0, 0.05) is 0 Å². The lowest BCUT2D eigenvalue weighted by atomic mass is 10.1. The van der Waals surface area contributed by atoms with Crippen LogP contribution in [0.15, 0.2) is 30.6 Å². The highest BCUT2D eigenvalue weighted by Gasteiger charge is 2.10. The number of rotatable bonds is 4. The van der Waals surface area contributed by atoms with E-state index in [1.165, 1.54) is 13.3 Å². The number of aryl methyl sites for hydroxylation is 1. The van der Waals surface area contributed by atoms with Crippen molar-refractivity contribution in [2.75, 3.05) is 0 Å². The van der Waals surface area contributed by atoms with Crippen LogP contribution in [0.3, 0.4) is 0 Å². The van der Waals surface area contributed by atoms with E-state index in [-0.39, 0.29) is 18.0 Å². The highest BCUT2D eigenvalue weighted by molar-refractivity contribution is 5.70. The first-order valence-corrected chi connectivity index (χ1v) is 5.52. The maximum Gasteiger partial charge on any atom is 0.307 e. The second-order valence-electron chi connectivity index (χ2n) is 3.89. The van der Waals surface area contributed by atoms with Crippen molar-refractivity contribution in [1.29, 1.82) is 0 Å². The molecule has 0 atom stereocenters. The van der Waals surface area contributed by atoms with E-state index in [2.05, 4.69) is 9.97 Å². The average Bonchev–Trinajstić information content (AvgIpc) is 2.37. The van der Waals surface area contributed by atoms with Crippen molar-refractivity contribution in [2.24, 2.45) is 0 Å². The fraction of sp³-hybridized carbons (Fsp3) is 0.154. The van der Waals surface area contributed by atoms with Gasteiger partial charge in [-0.05, 0) is 24.6 Å². The molecule has 0 aliphatic heterocycles. The quantitative estimate of drug-likeness (QED) is 0.915. The molecule has 1 aromatic carbocycles. The summed E-state index contributed by atoms with van der Waals surface area (Å²) in [4.78, 5) is 17.9. The van der Waals surface area contributed by atoms with E-state index < -0.39 is 11.8 Å².